The van der Waals surface area contributed by atoms with Crippen molar-refractivity contribution in [3.63, 3.8) is 0 Å². The Bertz CT molecular complexity index is 533. The Morgan fingerprint density at radius 3 is 2.72 bits per heavy atom. The number of benzene rings is 1. The lowest BCUT2D eigenvalue weighted by atomic mass is 10.2. The lowest BCUT2D eigenvalue weighted by molar-refractivity contribution is 0.0690. The molecule has 6 heteroatoms. The minimum atomic E-state index is -1.06. The van der Waals surface area contributed by atoms with Crippen LogP contribution in [-0.4, -0.2) is 32.6 Å². The third-order valence-corrected chi connectivity index (χ3v) is 2.48. The van der Waals surface area contributed by atoms with E-state index in [0.29, 0.717) is 13.1 Å². The molecule has 1 aromatic carbocycles. The molecular weight excluding hydrogens is 232 g/mol. The highest BCUT2D eigenvalue weighted by atomic mass is 16.4. The number of anilines is 1. The summed E-state index contributed by atoms with van der Waals surface area (Å²) in [7, 11) is 0. The Morgan fingerprint density at radius 2 is 2.11 bits per heavy atom. The van der Waals surface area contributed by atoms with Gasteiger partial charge in [-0.15, -0.1) is 5.10 Å². The summed E-state index contributed by atoms with van der Waals surface area (Å²) in [5.41, 5.74) is 2.20. The zero-order valence-corrected chi connectivity index (χ0v) is 10.00. The molecule has 0 aliphatic carbocycles. The van der Waals surface area contributed by atoms with Gasteiger partial charge in [-0.1, -0.05) is 22.9 Å². The first-order valence-electron chi connectivity index (χ1n) is 5.59. The number of hydrogen-bond donors (Lipinski definition) is 2. The number of carboxylic acid groups (broad SMARTS) is 1. The van der Waals surface area contributed by atoms with E-state index in [4.69, 9.17) is 5.11 Å². The van der Waals surface area contributed by atoms with Crippen molar-refractivity contribution in [2.45, 2.75) is 13.5 Å². The van der Waals surface area contributed by atoms with Gasteiger partial charge in [-0.05, 0) is 19.1 Å². The summed E-state index contributed by atoms with van der Waals surface area (Å²) < 4.78 is 1.50. The van der Waals surface area contributed by atoms with E-state index in [0.717, 1.165) is 5.69 Å². The number of nitrogens with zero attached hydrogens (tertiary/aromatic N) is 3. The van der Waals surface area contributed by atoms with Crippen molar-refractivity contribution < 1.29 is 9.90 Å². The molecule has 94 valence electrons. The molecule has 0 fully saturated rings. The van der Waals surface area contributed by atoms with Crippen LogP contribution in [0.2, 0.25) is 0 Å². The predicted octanol–water partition coefficient (Wildman–Crippen LogP) is 1.40. The van der Waals surface area contributed by atoms with Crippen molar-refractivity contribution in [1.82, 2.24) is 15.0 Å². The standard InChI is InChI=1S/C12H14N4O2/c1-9-2-4-10(5-3-9)13-6-7-16-8-11(12(17)18)14-15-16/h2-5,8,13H,6-7H2,1H3,(H,17,18). The molecule has 0 aliphatic rings. The monoisotopic (exact) mass is 246 g/mol. The fraction of sp³-hybridized carbons (Fsp3) is 0.250. The summed E-state index contributed by atoms with van der Waals surface area (Å²) >= 11 is 0. The molecule has 0 saturated heterocycles. The van der Waals surface area contributed by atoms with Gasteiger partial charge in [0.2, 0.25) is 0 Å². The van der Waals surface area contributed by atoms with Crippen molar-refractivity contribution in [3.05, 3.63) is 41.7 Å². The molecule has 2 rings (SSSR count). The van der Waals surface area contributed by atoms with Crippen LogP contribution in [0.25, 0.3) is 0 Å². The van der Waals surface area contributed by atoms with Crippen LogP contribution in [-0.2, 0) is 6.54 Å². The zero-order chi connectivity index (χ0) is 13.0. The van der Waals surface area contributed by atoms with Crippen LogP contribution in [0.3, 0.4) is 0 Å². The van der Waals surface area contributed by atoms with E-state index in [2.05, 4.69) is 15.6 Å². The Morgan fingerprint density at radius 1 is 1.39 bits per heavy atom. The van der Waals surface area contributed by atoms with Crippen LogP contribution >= 0.6 is 0 Å². The summed E-state index contributed by atoms with van der Waals surface area (Å²) in [5, 5.41) is 19.2. The number of rotatable bonds is 5. The molecule has 0 saturated carbocycles. The zero-order valence-electron chi connectivity index (χ0n) is 10.00. The van der Waals surface area contributed by atoms with E-state index in [1.807, 2.05) is 31.2 Å². The van der Waals surface area contributed by atoms with Crippen LogP contribution < -0.4 is 5.32 Å². The van der Waals surface area contributed by atoms with Gasteiger partial charge in [0.25, 0.3) is 0 Å². The van der Waals surface area contributed by atoms with E-state index < -0.39 is 5.97 Å². The maximum absolute atomic E-state index is 10.6. The van der Waals surface area contributed by atoms with Crippen LogP contribution in [0.5, 0.6) is 0 Å². The molecule has 2 N–H and O–H groups in total. The first kappa shape index (κ1) is 12.1. The van der Waals surface area contributed by atoms with Crippen LogP contribution in [0.1, 0.15) is 16.1 Å². The number of carboxylic acids is 1. The average molecular weight is 246 g/mol. The molecule has 1 aromatic heterocycles. The quantitative estimate of drug-likeness (QED) is 0.833. The van der Waals surface area contributed by atoms with Crippen molar-refractivity contribution in [1.29, 1.82) is 0 Å². The van der Waals surface area contributed by atoms with Gasteiger partial charge in [0, 0.05) is 12.2 Å². The fourth-order valence-corrected chi connectivity index (χ4v) is 1.49. The molecule has 1 heterocycles. The van der Waals surface area contributed by atoms with Crippen LogP contribution in [0, 0.1) is 6.92 Å². The van der Waals surface area contributed by atoms with Gasteiger partial charge in [0.15, 0.2) is 5.69 Å². The van der Waals surface area contributed by atoms with Crippen LogP contribution in [0.4, 0.5) is 5.69 Å². The number of aromatic nitrogens is 3. The fourth-order valence-electron chi connectivity index (χ4n) is 1.49. The summed E-state index contributed by atoms with van der Waals surface area (Å²) in [5.74, 6) is -1.06. The van der Waals surface area contributed by atoms with Gasteiger partial charge in [0.05, 0.1) is 12.7 Å². The number of nitrogens with one attached hydrogen (secondary N) is 1. The summed E-state index contributed by atoms with van der Waals surface area (Å²) in [6.45, 7) is 3.26. The number of aryl methyl sites for hydroxylation is 1. The van der Waals surface area contributed by atoms with Gasteiger partial charge in [-0.3, -0.25) is 0 Å². The van der Waals surface area contributed by atoms with Gasteiger partial charge < -0.3 is 10.4 Å². The second kappa shape index (κ2) is 5.31. The maximum atomic E-state index is 10.6. The highest BCUT2D eigenvalue weighted by Crippen LogP contribution is 2.07. The average Bonchev–Trinajstić information content (AvgIpc) is 2.81. The molecule has 2 aromatic rings. The number of carbonyl (C=O) groups is 1. The largest absolute Gasteiger partial charge is 0.476 e. The molecule has 0 amide bonds. The third kappa shape index (κ3) is 3.07. The summed E-state index contributed by atoms with van der Waals surface area (Å²) in [6, 6.07) is 8.05. The topological polar surface area (TPSA) is 80.0 Å². The molecule has 18 heavy (non-hydrogen) atoms. The molecule has 0 aliphatic heterocycles. The molecule has 6 nitrogen and oxygen atoms in total. The van der Waals surface area contributed by atoms with E-state index in [1.54, 1.807) is 0 Å². The Balaban J connectivity index is 1.84. The molecule has 0 atom stereocenters. The minimum Gasteiger partial charge on any atom is -0.476 e. The number of aromatic carboxylic acids is 1. The van der Waals surface area contributed by atoms with Gasteiger partial charge in [-0.2, -0.15) is 0 Å². The molecule has 0 spiro atoms. The highest BCUT2D eigenvalue weighted by molar-refractivity contribution is 5.84. The third-order valence-electron chi connectivity index (χ3n) is 2.48. The van der Waals surface area contributed by atoms with Gasteiger partial charge >= 0.3 is 5.97 Å². The number of hydrogen-bond acceptors (Lipinski definition) is 4. The van der Waals surface area contributed by atoms with Crippen molar-refractivity contribution >= 4 is 11.7 Å². The Labute approximate surface area is 104 Å². The van der Waals surface area contributed by atoms with E-state index in [9.17, 15) is 4.79 Å². The van der Waals surface area contributed by atoms with Crippen LogP contribution in [0.15, 0.2) is 30.5 Å². The maximum Gasteiger partial charge on any atom is 0.358 e. The Kier molecular flexibility index (Phi) is 3.57. The SMILES string of the molecule is Cc1ccc(NCCn2cc(C(=O)O)nn2)cc1. The lowest BCUT2D eigenvalue weighted by Crippen LogP contribution is -2.11. The predicted molar refractivity (Wildman–Crippen MR) is 66.7 cm³/mol. The second-order valence-corrected chi connectivity index (χ2v) is 3.96. The minimum absolute atomic E-state index is 0.0367. The Hall–Kier alpha value is -2.37. The van der Waals surface area contributed by atoms with E-state index in [1.165, 1.54) is 16.4 Å². The van der Waals surface area contributed by atoms with E-state index in [-0.39, 0.29) is 5.69 Å². The highest BCUT2D eigenvalue weighted by Gasteiger charge is 2.07. The molecule has 0 bridgehead atoms. The van der Waals surface area contributed by atoms with Gasteiger partial charge in [0.1, 0.15) is 0 Å². The van der Waals surface area contributed by atoms with Crippen molar-refractivity contribution in [2.24, 2.45) is 0 Å². The summed E-state index contributed by atoms with van der Waals surface area (Å²) in [4.78, 5) is 10.6. The molecule has 0 unspecified atom stereocenters. The van der Waals surface area contributed by atoms with Gasteiger partial charge in [-0.25, -0.2) is 9.48 Å². The molecular formula is C12H14N4O2. The molecule has 0 radical (unpaired) electrons. The second-order valence-electron chi connectivity index (χ2n) is 3.96. The van der Waals surface area contributed by atoms with Crippen molar-refractivity contribution in [2.75, 3.05) is 11.9 Å². The normalized spacial score (nSPS) is 10.3. The first-order chi connectivity index (χ1) is 8.65. The van der Waals surface area contributed by atoms with Crippen molar-refractivity contribution in [3.8, 4) is 0 Å². The lowest BCUT2D eigenvalue weighted by Gasteiger charge is -2.06. The van der Waals surface area contributed by atoms with E-state index >= 15 is 0 Å². The summed E-state index contributed by atoms with van der Waals surface area (Å²) in [6.07, 6.45) is 1.42. The smallest absolute Gasteiger partial charge is 0.358 e. The first-order valence-corrected chi connectivity index (χ1v) is 5.59.